The first-order valence-corrected chi connectivity index (χ1v) is 5.07. The minimum absolute atomic E-state index is 0.292. The van der Waals surface area contributed by atoms with Crippen LogP contribution in [0.15, 0.2) is 0 Å². The van der Waals surface area contributed by atoms with Crippen LogP contribution in [0.4, 0.5) is 0 Å². The lowest BCUT2D eigenvalue weighted by atomic mass is 9.76. The van der Waals surface area contributed by atoms with Crippen molar-refractivity contribution in [1.82, 2.24) is 4.90 Å². The summed E-state index contributed by atoms with van der Waals surface area (Å²) >= 11 is 0. The Morgan fingerprint density at radius 3 is 2.38 bits per heavy atom. The molecule has 0 radical (unpaired) electrons. The van der Waals surface area contributed by atoms with Crippen molar-refractivity contribution in [3.05, 3.63) is 0 Å². The van der Waals surface area contributed by atoms with Crippen LogP contribution in [0.3, 0.4) is 0 Å². The van der Waals surface area contributed by atoms with Gasteiger partial charge in [-0.15, -0.1) is 0 Å². The predicted octanol–water partition coefficient (Wildman–Crippen LogP) is 0.604. The molecule has 0 aromatic rings. The quantitative estimate of drug-likeness (QED) is 0.662. The van der Waals surface area contributed by atoms with Gasteiger partial charge in [0.15, 0.2) is 0 Å². The zero-order valence-electron chi connectivity index (χ0n) is 8.66. The second kappa shape index (κ2) is 4.40. The van der Waals surface area contributed by atoms with E-state index in [9.17, 15) is 10.2 Å². The van der Waals surface area contributed by atoms with E-state index in [1.165, 1.54) is 0 Å². The molecule has 0 bridgehead atoms. The minimum atomic E-state index is -0.437. The van der Waals surface area contributed by atoms with Gasteiger partial charge < -0.3 is 15.1 Å². The second-order valence-electron chi connectivity index (χ2n) is 4.53. The van der Waals surface area contributed by atoms with E-state index in [4.69, 9.17) is 0 Å². The fourth-order valence-electron chi connectivity index (χ4n) is 1.78. The summed E-state index contributed by atoms with van der Waals surface area (Å²) in [5.74, 6) is 0. The van der Waals surface area contributed by atoms with Crippen LogP contribution >= 0.6 is 0 Å². The fourth-order valence-corrected chi connectivity index (χ4v) is 1.78. The van der Waals surface area contributed by atoms with E-state index >= 15 is 0 Å². The number of hydrogen-bond acceptors (Lipinski definition) is 3. The molecule has 0 spiro atoms. The monoisotopic (exact) mass is 187 g/mol. The summed E-state index contributed by atoms with van der Waals surface area (Å²) in [6.07, 6.45) is 4.15. The molecule has 0 saturated heterocycles. The molecule has 3 nitrogen and oxygen atoms in total. The van der Waals surface area contributed by atoms with Crippen LogP contribution < -0.4 is 0 Å². The second-order valence-corrected chi connectivity index (χ2v) is 4.53. The maximum Gasteiger partial charge on any atom is 0.0668 e. The molecular formula is C10H21NO2. The molecule has 1 fully saturated rings. The van der Waals surface area contributed by atoms with Gasteiger partial charge in [0, 0.05) is 6.54 Å². The molecule has 1 aliphatic carbocycles. The molecule has 0 aromatic carbocycles. The van der Waals surface area contributed by atoms with Crippen molar-refractivity contribution in [3.8, 4) is 0 Å². The lowest BCUT2D eigenvalue weighted by Crippen LogP contribution is -2.38. The molecule has 1 atom stereocenters. The molecule has 13 heavy (non-hydrogen) atoms. The summed E-state index contributed by atoms with van der Waals surface area (Å²) in [7, 11) is 3.89. The summed E-state index contributed by atoms with van der Waals surface area (Å²) in [6.45, 7) is 0.691. The van der Waals surface area contributed by atoms with E-state index in [-0.39, 0.29) is 6.10 Å². The summed E-state index contributed by atoms with van der Waals surface area (Å²) in [5.41, 5.74) is -0.437. The highest BCUT2D eigenvalue weighted by molar-refractivity contribution is 4.87. The Bertz CT molecular complexity index is 155. The van der Waals surface area contributed by atoms with Crippen molar-refractivity contribution in [2.45, 2.75) is 43.8 Å². The average molecular weight is 187 g/mol. The number of hydrogen-bond donors (Lipinski definition) is 2. The molecule has 0 aromatic heterocycles. The maximum atomic E-state index is 9.77. The molecule has 1 rings (SSSR count). The lowest BCUT2D eigenvalue weighted by molar-refractivity contribution is -0.0504. The zero-order valence-corrected chi connectivity index (χ0v) is 8.66. The first-order valence-electron chi connectivity index (χ1n) is 5.07. The van der Waals surface area contributed by atoms with E-state index in [0.717, 1.165) is 25.7 Å². The van der Waals surface area contributed by atoms with Crippen molar-refractivity contribution in [3.63, 3.8) is 0 Å². The Morgan fingerprint density at radius 2 is 2.00 bits per heavy atom. The Kier molecular flexibility index (Phi) is 3.71. The van der Waals surface area contributed by atoms with Gasteiger partial charge in [-0.1, -0.05) is 0 Å². The molecular weight excluding hydrogens is 166 g/mol. The molecule has 0 amide bonds. The van der Waals surface area contributed by atoms with Crippen LogP contribution in [0.1, 0.15) is 32.1 Å². The molecule has 2 N–H and O–H groups in total. The van der Waals surface area contributed by atoms with Crippen LogP contribution in [-0.4, -0.2) is 47.5 Å². The molecule has 0 aliphatic heterocycles. The number of rotatable bonds is 5. The van der Waals surface area contributed by atoms with Crippen LogP contribution in [0.2, 0.25) is 0 Å². The van der Waals surface area contributed by atoms with E-state index in [0.29, 0.717) is 13.0 Å². The van der Waals surface area contributed by atoms with Crippen molar-refractivity contribution < 1.29 is 10.2 Å². The van der Waals surface area contributed by atoms with Crippen LogP contribution in [0, 0.1) is 0 Å². The number of likely N-dealkylation sites (N-methyl/N-ethyl adjacent to an activating group) is 1. The maximum absolute atomic E-state index is 9.77. The van der Waals surface area contributed by atoms with Crippen molar-refractivity contribution >= 4 is 0 Å². The SMILES string of the molecule is CN(C)CC(O)CCC1(O)CCC1. The minimum Gasteiger partial charge on any atom is -0.392 e. The van der Waals surface area contributed by atoms with Crippen LogP contribution in [-0.2, 0) is 0 Å². The van der Waals surface area contributed by atoms with E-state index in [1.807, 2.05) is 19.0 Å². The predicted molar refractivity (Wildman–Crippen MR) is 52.6 cm³/mol. The van der Waals surface area contributed by atoms with Gasteiger partial charge in [-0.3, -0.25) is 0 Å². The topological polar surface area (TPSA) is 43.7 Å². The summed E-state index contributed by atoms with van der Waals surface area (Å²) in [5, 5.41) is 19.3. The van der Waals surface area contributed by atoms with Gasteiger partial charge in [-0.25, -0.2) is 0 Å². The molecule has 0 heterocycles. The summed E-state index contributed by atoms with van der Waals surface area (Å²) in [6, 6.07) is 0. The Hall–Kier alpha value is -0.120. The third-order valence-electron chi connectivity index (χ3n) is 2.80. The highest BCUT2D eigenvalue weighted by Gasteiger charge is 2.34. The first-order chi connectivity index (χ1) is 6.02. The van der Waals surface area contributed by atoms with Crippen molar-refractivity contribution in [2.24, 2.45) is 0 Å². The van der Waals surface area contributed by atoms with Gasteiger partial charge in [0.2, 0.25) is 0 Å². The molecule has 3 heteroatoms. The number of aliphatic hydroxyl groups excluding tert-OH is 1. The Balaban J connectivity index is 2.10. The third kappa shape index (κ3) is 3.63. The van der Waals surface area contributed by atoms with Gasteiger partial charge in [0.1, 0.15) is 0 Å². The summed E-state index contributed by atoms with van der Waals surface area (Å²) in [4.78, 5) is 1.97. The van der Waals surface area contributed by atoms with Crippen LogP contribution in [0.5, 0.6) is 0 Å². The molecule has 1 aliphatic rings. The standard InChI is InChI=1S/C10H21NO2/c1-11(2)8-9(12)4-7-10(13)5-3-6-10/h9,12-13H,3-8H2,1-2H3. The Morgan fingerprint density at radius 1 is 1.38 bits per heavy atom. The highest BCUT2D eigenvalue weighted by Crippen LogP contribution is 2.35. The van der Waals surface area contributed by atoms with Gasteiger partial charge in [-0.2, -0.15) is 0 Å². The number of aliphatic hydroxyl groups is 2. The van der Waals surface area contributed by atoms with E-state index in [1.54, 1.807) is 0 Å². The zero-order chi connectivity index (χ0) is 9.90. The highest BCUT2D eigenvalue weighted by atomic mass is 16.3. The third-order valence-corrected chi connectivity index (χ3v) is 2.80. The normalized spacial score (nSPS) is 22.8. The summed E-state index contributed by atoms with van der Waals surface area (Å²) < 4.78 is 0. The van der Waals surface area contributed by atoms with Crippen LogP contribution in [0.25, 0.3) is 0 Å². The van der Waals surface area contributed by atoms with E-state index in [2.05, 4.69) is 0 Å². The van der Waals surface area contributed by atoms with Crippen molar-refractivity contribution in [2.75, 3.05) is 20.6 Å². The van der Waals surface area contributed by atoms with Gasteiger partial charge in [0.05, 0.1) is 11.7 Å². The first kappa shape index (κ1) is 11.0. The largest absolute Gasteiger partial charge is 0.392 e. The fraction of sp³-hybridized carbons (Fsp3) is 1.00. The van der Waals surface area contributed by atoms with Gasteiger partial charge in [0.25, 0.3) is 0 Å². The average Bonchev–Trinajstić information content (AvgIpc) is 1.96. The smallest absolute Gasteiger partial charge is 0.0668 e. The van der Waals surface area contributed by atoms with Crippen molar-refractivity contribution in [1.29, 1.82) is 0 Å². The van der Waals surface area contributed by atoms with E-state index < -0.39 is 5.60 Å². The molecule has 1 unspecified atom stereocenters. The molecule has 78 valence electrons. The molecule has 1 saturated carbocycles. The number of nitrogens with zero attached hydrogens (tertiary/aromatic N) is 1. The lowest BCUT2D eigenvalue weighted by Gasteiger charge is -2.37. The van der Waals surface area contributed by atoms with Gasteiger partial charge in [-0.05, 0) is 46.2 Å². The Labute approximate surface area is 80.4 Å². The van der Waals surface area contributed by atoms with Gasteiger partial charge >= 0.3 is 0 Å².